The molecule has 1 fully saturated rings. The summed E-state index contributed by atoms with van der Waals surface area (Å²) in [5, 5.41) is 36.5. The van der Waals surface area contributed by atoms with Gasteiger partial charge in [0, 0.05) is 17.5 Å². The first-order valence-electron chi connectivity index (χ1n) is 12.0. The van der Waals surface area contributed by atoms with Crippen LogP contribution in [0.5, 0.6) is 0 Å². The van der Waals surface area contributed by atoms with Gasteiger partial charge in [0.25, 0.3) is 0 Å². The van der Waals surface area contributed by atoms with E-state index in [1.165, 1.54) is 29.2 Å². The Morgan fingerprint density at radius 3 is 2.62 bits per heavy atom. The van der Waals surface area contributed by atoms with Crippen LogP contribution >= 0.6 is 34.5 Å². The van der Waals surface area contributed by atoms with Crippen LogP contribution in [0, 0.1) is 0 Å². The van der Waals surface area contributed by atoms with Crippen molar-refractivity contribution in [1.29, 1.82) is 0 Å². The second kappa shape index (κ2) is 11.4. The van der Waals surface area contributed by atoms with Gasteiger partial charge < -0.3 is 19.7 Å². The Bertz CT molecular complexity index is 1500. The van der Waals surface area contributed by atoms with Crippen LogP contribution in [-0.2, 0) is 22.1 Å². The summed E-state index contributed by atoms with van der Waals surface area (Å²) in [5.74, 6) is 0. The molecular formula is C24H23Cl2F3N6O4S. The van der Waals surface area contributed by atoms with Gasteiger partial charge in [-0.15, -0.1) is 16.4 Å². The fourth-order valence-electron chi connectivity index (χ4n) is 4.73. The largest absolute Gasteiger partial charge is 0.418 e. The van der Waals surface area contributed by atoms with Gasteiger partial charge in [-0.25, -0.2) is 14.3 Å². The van der Waals surface area contributed by atoms with Crippen molar-refractivity contribution in [3.8, 4) is 16.4 Å². The predicted molar refractivity (Wildman–Crippen MR) is 140 cm³/mol. The number of aliphatic hydroxyl groups is 2. The second-order valence-electron chi connectivity index (χ2n) is 9.00. The van der Waals surface area contributed by atoms with Crippen molar-refractivity contribution < 1.29 is 32.9 Å². The van der Waals surface area contributed by atoms with Crippen molar-refractivity contribution in [3.63, 3.8) is 0 Å². The number of aliphatic hydroxyl groups excluding tert-OH is 2. The fourth-order valence-corrected chi connectivity index (χ4v) is 5.79. The first-order valence-corrected chi connectivity index (χ1v) is 13.7. The fraction of sp³-hybridized carbons (Fsp3) is 0.417. The number of aryl methyl sites for hydroxylation is 1. The molecule has 0 spiro atoms. The van der Waals surface area contributed by atoms with Gasteiger partial charge in [-0.05, 0) is 30.7 Å². The van der Waals surface area contributed by atoms with Crippen LogP contribution in [0.25, 0.3) is 16.4 Å². The molecule has 0 unspecified atom stereocenters. The lowest BCUT2D eigenvalue weighted by Gasteiger charge is -2.43. The molecule has 0 amide bonds. The first-order chi connectivity index (χ1) is 19.0. The number of alkyl halides is 3. The third-order valence-corrected chi connectivity index (χ3v) is 8.01. The van der Waals surface area contributed by atoms with Gasteiger partial charge in [-0.1, -0.05) is 35.3 Å². The third-order valence-electron chi connectivity index (χ3n) is 6.58. The standard InChI is InChI=1S/C24H23Cl2F3N6O4S/c1-3-12-7-16(35(32-12)15-6-11(25)4-5-13(15)24(27,28)29)21-22(38-2)19(20(37)17(9-36)39-21)34-8-14(31-33-34)23-30-18(26)10-40-23/h4-8,10,17,19-22,36-37H,3,9H2,1-2H3/t17-,19+,20+,21+,22-/m1/s1. The molecule has 2 N–H and O–H groups in total. The molecule has 40 heavy (non-hydrogen) atoms. The Kier molecular flexibility index (Phi) is 8.21. The molecule has 16 heteroatoms. The summed E-state index contributed by atoms with van der Waals surface area (Å²) >= 11 is 13.3. The average molecular weight is 619 g/mol. The van der Waals surface area contributed by atoms with Crippen molar-refractivity contribution in [2.75, 3.05) is 13.7 Å². The van der Waals surface area contributed by atoms with Crippen LogP contribution in [0.2, 0.25) is 10.2 Å². The Balaban J connectivity index is 1.63. The van der Waals surface area contributed by atoms with Gasteiger partial charge in [0.15, 0.2) is 0 Å². The molecule has 5 atom stereocenters. The molecular weight excluding hydrogens is 596 g/mol. The molecule has 1 aliphatic rings. The van der Waals surface area contributed by atoms with Gasteiger partial charge in [0.1, 0.15) is 46.3 Å². The van der Waals surface area contributed by atoms with E-state index in [9.17, 15) is 23.4 Å². The maximum absolute atomic E-state index is 14.0. The zero-order chi connectivity index (χ0) is 28.8. The van der Waals surface area contributed by atoms with Gasteiger partial charge in [-0.3, -0.25) is 0 Å². The summed E-state index contributed by atoms with van der Waals surface area (Å²) < 4.78 is 56.4. The lowest BCUT2D eigenvalue weighted by molar-refractivity contribution is -0.216. The Morgan fingerprint density at radius 1 is 1.23 bits per heavy atom. The number of thiazole rings is 1. The normalized spacial score (nSPS) is 23.6. The van der Waals surface area contributed by atoms with E-state index < -0.39 is 48.8 Å². The highest BCUT2D eigenvalue weighted by Crippen LogP contribution is 2.42. The number of hydrogen-bond donors (Lipinski definition) is 2. The summed E-state index contributed by atoms with van der Waals surface area (Å²) in [5.41, 5.74) is -0.186. The van der Waals surface area contributed by atoms with E-state index in [4.69, 9.17) is 32.7 Å². The van der Waals surface area contributed by atoms with Crippen molar-refractivity contribution in [2.45, 2.75) is 50.0 Å². The van der Waals surface area contributed by atoms with Gasteiger partial charge in [0.05, 0.1) is 35.4 Å². The van der Waals surface area contributed by atoms with Crippen molar-refractivity contribution in [1.82, 2.24) is 29.8 Å². The predicted octanol–water partition coefficient (Wildman–Crippen LogP) is 4.52. The number of nitrogens with zero attached hydrogens (tertiary/aromatic N) is 6. The molecule has 1 aliphatic heterocycles. The maximum Gasteiger partial charge on any atom is 0.418 e. The van der Waals surface area contributed by atoms with Gasteiger partial charge >= 0.3 is 6.18 Å². The van der Waals surface area contributed by atoms with Crippen molar-refractivity contribution >= 4 is 34.5 Å². The van der Waals surface area contributed by atoms with Crippen LogP contribution in [0.3, 0.4) is 0 Å². The molecule has 0 saturated carbocycles. The Hall–Kier alpha value is -2.59. The molecule has 4 aromatic rings. The lowest BCUT2D eigenvalue weighted by Crippen LogP contribution is -2.53. The number of methoxy groups -OCH3 is 1. The highest BCUT2D eigenvalue weighted by atomic mass is 35.5. The molecule has 0 radical (unpaired) electrons. The van der Waals surface area contributed by atoms with E-state index in [0.29, 0.717) is 22.8 Å². The average Bonchev–Trinajstić information content (AvgIpc) is 3.67. The molecule has 0 bridgehead atoms. The molecule has 3 aromatic heterocycles. The van der Waals surface area contributed by atoms with Crippen LogP contribution in [0.1, 0.15) is 36.0 Å². The summed E-state index contributed by atoms with van der Waals surface area (Å²) in [6, 6.07) is 3.84. The minimum absolute atomic E-state index is 0.0781. The second-order valence-corrected chi connectivity index (χ2v) is 10.7. The zero-order valence-corrected chi connectivity index (χ0v) is 23.3. The number of ether oxygens (including phenoxy) is 2. The van der Waals surface area contributed by atoms with E-state index in [0.717, 1.165) is 16.8 Å². The van der Waals surface area contributed by atoms with Crippen LogP contribution in [-0.4, -0.2) is 72.0 Å². The molecule has 4 heterocycles. The number of hydrogen-bond acceptors (Lipinski definition) is 9. The third kappa shape index (κ3) is 5.36. The summed E-state index contributed by atoms with van der Waals surface area (Å²) in [4.78, 5) is 4.18. The zero-order valence-electron chi connectivity index (χ0n) is 21.0. The first kappa shape index (κ1) is 28.9. The van der Waals surface area contributed by atoms with E-state index in [1.54, 1.807) is 24.6 Å². The van der Waals surface area contributed by atoms with Gasteiger partial charge in [-0.2, -0.15) is 18.3 Å². The Morgan fingerprint density at radius 2 is 2.00 bits per heavy atom. The van der Waals surface area contributed by atoms with E-state index in [-0.39, 0.29) is 21.6 Å². The summed E-state index contributed by atoms with van der Waals surface area (Å²) in [6.45, 7) is 1.22. The van der Waals surface area contributed by atoms with Gasteiger partial charge in [0.2, 0.25) is 0 Å². The maximum atomic E-state index is 14.0. The SMILES string of the molecule is CCc1cc([C@@H]2O[C@H](CO)[C@H](O)[C@H](n3cc(-c4nc(Cl)cs4)nn3)[C@H]2OC)n(-c2cc(Cl)ccc2C(F)(F)F)n1. The van der Waals surface area contributed by atoms with E-state index in [1.807, 2.05) is 0 Å². The molecule has 5 rings (SSSR count). The van der Waals surface area contributed by atoms with Crippen LogP contribution in [0.15, 0.2) is 35.8 Å². The number of benzene rings is 1. The van der Waals surface area contributed by atoms with Crippen LogP contribution in [0.4, 0.5) is 13.2 Å². The number of halogens is 5. The molecule has 1 aromatic carbocycles. The topological polar surface area (TPSA) is 120 Å². The summed E-state index contributed by atoms with van der Waals surface area (Å²) in [7, 11) is 1.38. The highest BCUT2D eigenvalue weighted by molar-refractivity contribution is 7.13. The highest BCUT2D eigenvalue weighted by Gasteiger charge is 2.49. The lowest BCUT2D eigenvalue weighted by atomic mass is 9.90. The van der Waals surface area contributed by atoms with E-state index >= 15 is 0 Å². The monoisotopic (exact) mass is 618 g/mol. The molecule has 214 valence electrons. The minimum atomic E-state index is -4.70. The van der Waals surface area contributed by atoms with Crippen molar-refractivity contribution in [3.05, 3.63) is 63.0 Å². The smallest absolute Gasteiger partial charge is 0.394 e. The van der Waals surface area contributed by atoms with Crippen molar-refractivity contribution in [2.24, 2.45) is 0 Å². The molecule has 1 saturated heterocycles. The molecule has 10 nitrogen and oxygen atoms in total. The van der Waals surface area contributed by atoms with E-state index in [2.05, 4.69) is 20.4 Å². The number of aromatic nitrogens is 6. The Labute approximate surface area is 239 Å². The summed E-state index contributed by atoms with van der Waals surface area (Å²) in [6.07, 6.45) is -7.31. The van der Waals surface area contributed by atoms with Crippen LogP contribution < -0.4 is 0 Å². The number of rotatable bonds is 7. The quantitative estimate of drug-likeness (QED) is 0.310. The minimum Gasteiger partial charge on any atom is -0.394 e. The molecule has 0 aliphatic carbocycles.